The van der Waals surface area contributed by atoms with E-state index < -0.39 is 6.09 Å². The van der Waals surface area contributed by atoms with E-state index in [1.165, 1.54) is 4.90 Å². The molecule has 0 aromatic heterocycles. The van der Waals surface area contributed by atoms with E-state index >= 15 is 0 Å². The molecule has 1 N–H and O–H groups in total. The van der Waals surface area contributed by atoms with Crippen molar-refractivity contribution in [3.8, 4) is 0 Å². The molecule has 21 heavy (non-hydrogen) atoms. The fourth-order valence-corrected chi connectivity index (χ4v) is 1.74. The number of hydrogen-bond acceptors (Lipinski definition) is 3. The molecule has 1 rings (SSSR count). The summed E-state index contributed by atoms with van der Waals surface area (Å²) >= 11 is 0. The first-order valence-corrected chi connectivity index (χ1v) is 7.07. The summed E-state index contributed by atoms with van der Waals surface area (Å²) in [6.45, 7) is 4.15. The molecule has 0 radical (unpaired) electrons. The Morgan fingerprint density at radius 3 is 2.33 bits per heavy atom. The summed E-state index contributed by atoms with van der Waals surface area (Å²) < 4.78 is 5.18. The third kappa shape index (κ3) is 6.29. The minimum atomic E-state index is -0.496. The zero-order valence-electron chi connectivity index (χ0n) is 13.1. The van der Waals surface area contributed by atoms with Crippen LogP contribution in [-0.4, -0.2) is 37.0 Å². The summed E-state index contributed by atoms with van der Waals surface area (Å²) in [6.07, 6.45) is -0.227. The van der Waals surface area contributed by atoms with Gasteiger partial charge in [-0.3, -0.25) is 4.79 Å². The number of amides is 2. The molecule has 2 amide bonds. The zero-order valence-corrected chi connectivity index (χ0v) is 13.1. The summed E-state index contributed by atoms with van der Waals surface area (Å²) in [7, 11) is 3.40. The Balaban J connectivity index is 2.47. The van der Waals surface area contributed by atoms with Crippen molar-refractivity contribution < 1.29 is 14.3 Å². The van der Waals surface area contributed by atoms with Gasteiger partial charge in [-0.25, -0.2) is 4.79 Å². The lowest BCUT2D eigenvalue weighted by Crippen LogP contribution is -2.42. The van der Waals surface area contributed by atoms with Crippen LogP contribution in [0.3, 0.4) is 0 Å². The first-order valence-electron chi connectivity index (χ1n) is 7.07. The van der Waals surface area contributed by atoms with Gasteiger partial charge in [-0.1, -0.05) is 44.2 Å². The van der Waals surface area contributed by atoms with Gasteiger partial charge in [0.2, 0.25) is 5.91 Å². The summed E-state index contributed by atoms with van der Waals surface area (Å²) in [6, 6.07) is 9.24. The molecule has 116 valence electrons. The van der Waals surface area contributed by atoms with E-state index in [-0.39, 0.29) is 30.9 Å². The zero-order chi connectivity index (χ0) is 15.8. The Hall–Kier alpha value is -2.04. The lowest BCUT2D eigenvalue weighted by Gasteiger charge is -2.23. The van der Waals surface area contributed by atoms with Crippen molar-refractivity contribution in [3.05, 3.63) is 35.9 Å². The van der Waals surface area contributed by atoms with Crippen LogP contribution >= 0.6 is 0 Å². The number of nitrogens with zero attached hydrogens (tertiary/aromatic N) is 1. The van der Waals surface area contributed by atoms with Crippen molar-refractivity contribution in [2.75, 3.05) is 14.1 Å². The molecule has 1 atom stereocenters. The molecule has 0 fully saturated rings. The van der Waals surface area contributed by atoms with Gasteiger partial charge in [-0.05, 0) is 11.5 Å². The minimum absolute atomic E-state index is 0.0166. The van der Waals surface area contributed by atoms with Crippen molar-refractivity contribution in [3.63, 3.8) is 0 Å². The van der Waals surface area contributed by atoms with Crippen LogP contribution in [0.15, 0.2) is 30.3 Å². The van der Waals surface area contributed by atoms with Crippen LogP contribution in [0, 0.1) is 5.92 Å². The molecule has 0 aliphatic rings. The number of carbonyl (C=O) groups excluding carboxylic acids is 2. The highest BCUT2D eigenvalue weighted by atomic mass is 16.5. The van der Waals surface area contributed by atoms with Gasteiger partial charge in [-0.15, -0.1) is 0 Å². The quantitative estimate of drug-likeness (QED) is 0.876. The molecular formula is C16H24N2O3. The number of ether oxygens (including phenoxy) is 1. The van der Waals surface area contributed by atoms with Crippen molar-refractivity contribution in [1.82, 2.24) is 10.2 Å². The van der Waals surface area contributed by atoms with E-state index in [9.17, 15) is 9.59 Å². The van der Waals surface area contributed by atoms with Crippen LogP contribution < -0.4 is 5.32 Å². The maximum Gasteiger partial charge on any atom is 0.407 e. The SMILES string of the molecule is CC(C)[C@@H](CC(=O)N(C)C)NC(=O)OCc1ccccc1. The maximum absolute atomic E-state index is 11.8. The van der Waals surface area contributed by atoms with Crippen LogP contribution in [0.25, 0.3) is 0 Å². The standard InChI is InChI=1S/C16H24N2O3/c1-12(2)14(10-15(19)18(3)4)17-16(20)21-11-13-8-6-5-7-9-13/h5-9,12,14H,10-11H2,1-4H3,(H,17,20)/t14-/m1/s1. The Kier molecular flexibility index (Phi) is 6.72. The maximum atomic E-state index is 11.8. The van der Waals surface area contributed by atoms with Gasteiger partial charge in [0.05, 0.1) is 0 Å². The number of rotatable bonds is 6. The van der Waals surface area contributed by atoms with E-state index in [2.05, 4.69) is 5.32 Å². The van der Waals surface area contributed by atoms with Gasteiger partial charge in [0.1, 0.15) is 6.61 Å². The molecular weight excluding hydrogens is 268 g/mol. The van der Waals surface area contributed by atoms with Crippen LogP contribution in [-0.2, 0) is 16.1 Å². The summed E-state index contributed by atoms with van der Waals surface area (Å²) in [4.78, 5) is 25.1. The van der Waals surface area contributed by atoms with Crippen molar-refractivity contribution in [1.29, 1.82) is 0 Å². The molecule has 0 unspecified atom stereocenters. The van der Waals surface area contributed by atoms with Crippen molar-refractivity contribution >= 4 is 12.0 Å². The summed E-state index contributed by atoms with van der Waals surface area (Å²) in [5.74, 6) is 0.134. The van der Waals surface area contributed by atoms with Gasteiger partial charge in [0, 0.05) is 26.6 Å². The second-order valence-corrected chi connectivity index (χ2v) is 5.55. The molecule has 1 aromatic carbocycles. The fraction of sp³-hybridized carbons (Fsp3) is 0.500. The number of hydrogen-bond donors (Lipinski definition) is 1. The van der Waals surface area contributed by atoms with Crippen LogP contribution in [0.5, 0.6) is 0 Å². The van der Waals surface area contributed by atoms with Gasteiger partial charge in [-0.2, -0.15) is 0 Å². The summed E-state index contributed by atoms with van der Waals surface area (Å²) in [5.41, 5.74) is 0.929. The lowest BCUT2D eigenvalue weighted by atomic mass is 10.0. The van der Waals surface area contributed by atoms with Crippen LogP contribution in [0.2, 0.25) is 0 Å². The number of alkyl carbamates (subject to hydrolysis) is 1. The number of nitrogens with one attached hydrogen (secondary N) is 1. The predicted molar refractivity (Wildman–Crippen MR) is 81.7 cm³/mol. The van der Waals surface area contributed by atoms with Gasteiger partial charge in [0.25, 0.3) is 0 Å². The number of benzene rings is 1. The fourth-order valence-electron chi connectivity index (χ4n) is 1.74. The largest absolute Gasteiger partial charge is 0.445 e. The second kappa shape index (κ2) is 8.29. The van der Waals surface area contributed by atoms with Gasteiger partial charge < -0.3 is 15.0 Å². The molecule has 0 saturated heterocycles. The smallest absolute Gasteiger partial charge is 0.407 e. The van der Waals surface area contributed by atoms with E-state index in [4.69, 9.17) is 4.74 Å². The highest BCUT2D eigenvalue weighted by Crippen LogP contribution is 2.08. The van der Waals surface area contributed by atoms with E-state index in [1.54, 1.807) is 14.1 Å². The van der Waals surface area contributed by atoms with E-state index in [0.29, 0.717) is 0 Å². The molecule has 0 spiro atoms. The topological polar surface area (TPSA) is 58.6 Å². The molecule has 0 bridgehead atoms. The summed E-state index contributed by atoms with van der Waals surface area (Å²) in [5, 5.41) is 2.76. The van der Waals surface area contributed by atoms with Crippen LogP contribution in [0.4, 0.5) is 4.79 Å². The van der Waals surface area contributed by atoms with E-state index in [0.717, 1.165) is 5.56 Å². The predicted octanol–water partition coefficient (Wildman–Crippen LogP) is 2.42. The van der Waals surface area contributed by atoms with Gasteiger partial charge in [0.15, 0.2) is 0 Å². The van der Waals surface area contributed by atoms with Crippen molar-refractivity contribution in [2.24, 2.45) is 5.92 Å². The monoisotopic (exact) mass is 292 g/mol. The first kappa shape index (κ1) is 17.0. The molecule has 0 saturated carbocycles. The molecule has 0 aliphatic carbocycles. The minimum Gasteiger partial charge on any atom is -0.445 e. The molecule has 5 nitrogen and oxygen atoms in total. The highest BCUT2D eigenvalue weighted by molar-refractivity contribution is 5.77. The Morgan fingerprint density at radius 2 is 1.81 bits per heavy atom. The average molecular weight is 292 g/mol. The van der Waals surface area contributed by atoms with Crippen molar-refractivity contribution in [2.45, 2.75) is 32.9 Å². The highest BCUT2D eigenvalue weighted by Gasteiger charge is 2.21. The molecule has 0 heterocycles. The lowest BCUT2D eigenvalue weighted by molar-refractivity contribution is -0.129. The third-order valence-corrected chi connectivity index (χ3v) is 3.21. The Bertz CT molecular complexity index is 458. The first-order chi connectivity index (χ1) is 9.90. The van der Waals surface area contributed by atoms with E-state index in [1.807, 2.05) is 44.2 Å². The van der Waals surface area contributed by atoms with Gasteiger partial charge >= 0.3 is 6.09 Å². The molecule has 1 aromatic rings. The van der Waals surface area contributed by atoms with Crippen LogP contribution in [0.1, 0.15) is 25.8 Å². The molecule has 0 aliphatic heterocycles. The Labute approximate surface area is 126 Å². The second-order valence-electron chi connectivity index (χ2n) is 5.55. The average Bonchev–Trinajstić information content (AvgIpc) is 2.45. The third-order valence-electron chi connectivity index (χ3n) is 3.21. The number of carbonyl (C=O) groups is 2. The molecule has 5 heteroatoms. The normalized spacial score (nSPS) is 11.9. The Morgan fingerprint density at radius 1 is 1.19 bits per heavy atom.